The van der Waals surface area contributed by atoms with Crippen molar-refractivity contribution in [1.82, 2.24) is 0 Å². The Morgan fingerprint density at radius 1 is 1.33 bits per heavy atom. The molecule has 1 N–H and O–H groups in total. The molecule has 0 spiro atoms. The Hall–Kier alpha value is -1.18. The van der Waals surface area contributed by atoms with Crippen LogP contribution in [-0.2, 0) is 0 Å². The highest BCUT2D eigenvalue weighted by molar-refractivity contribution is 5.48. The number of rotatable bonds is 5. The van der Waals surface area contributed by atoms with Crippen molar-refractivity contribution in [2.24, 2.45) is 5.92 Å². The molecule has 0 aromatic heterocycles. The molecule has 0 fully saturated rings. The van der Waals surface area contributed by atoms with E-state index in [9.17, 15) is 0 Å². The first-order valence-electron chi connectivity index (χ1n) is 5.58. The lowest BCUT2D eigenvalue weighted by Crippen LogP contribution is -2.24. The third kappa shape index (κ3) is 3.46. The lowest BCUT2D eigenvalue weighted by Gasteiger charge is -2.22. The highest BCUT2D eigenvalue weighted by Crippen LogP contribution is 2.20. The van der Waals surface area contributed by atoms with E-state index in [-0.39, 0.29) is 0 Å². The Labute approximate surface area is 92.6 Å². The smallest absolute Gasteiger partial charge is 0.120 e. The van der Waals surface area contributed by atoms with Crippen molar-refractivity contribution in [3.05, 3.63) is 24.3 Å². The molecule has 0 saturated heterocycles. The van der Waals surface area contributed by atoms with Gasteiger partial charge in [0.1, 0.15) is 5.75 Å². The Morgan fingerprint density at radius 2 is 2.07 bits per heavy atom. The summed E-state index contributed by atoms with van der Waals surface area (Å²) in [6, 6.07) is 8.60. The molecule has 0 aliphatic rings. The first-order chi connectivity index (χ1) is 7.17. The van der Waals surface area contributed by atoms with E-state index in [4.69, 9.17) is 4.74 Å². The van der Waals surface area contributed by atoms with Gasteiger partial charge in [0.15, 0.2) is 0 Å². The highest BCUT2D eigenvalue weighted by Gasteiger charge is 2.10. The molecule has 0 heterocycles. The normalized spacial score (nSPS) is 12.6. The van der Waals surface area contributed by atoms with Gasteiger partial charge in [0.25, 0.3) is 0 Å². The van der Waals surface area contributed by atoms with Crippen LogP contribution in [0, 0.1) is 5.92 Å². The SMILES string of the molecule is CC[C@H](Nc1cccc(OC)c1)C(C)C. The number of hydrogen-bond donors (Lipinski definition) is 1. The minimum atomic E-state index is 0.525. The molecule has 0 saturated carbocycles. The molecule has 84 valence electrons. The molecule has 1 atom stereocenters. The number of methoxy groups -OCH3 is 1. The number of benzene rings is 1. The predicted octanol–water partition coefficient (Wildman–Crippen LogP) is 3.54. The zero-order valence-electron chi connectivity index (χ0n) is 10.1. The largest absolute Gasteiger partial charge is 0.497 e. The van der Waals surface area contributed by atoms with Gasteiger partial charge in [-0.15, -0.1) is 0 Å². The number of nitrogens with one attached hydrogen (secondary N) is 1. The highest BCUT2D eigenvalue weighted by atomic mass is 16.5. The molecule has 15 heavy (non-hydrogen) atoms. The fourth-order valence-electron chi connectivity index (χ4n) is 1.67. The molecule has 0 radical (unpaired) electrons. The summed E-state index contributed by atoms with van der Waals surface area (Å²) in [7, 11) is 1.69. The third-order valence-corrected chi connectivity index (χ3v) is 2.67. The van der Waals surface area contributed by atoms with Gasteiger partial charge >= 0.3 is 0 Å². The molecule has 1 aromatic carbocycles. The minimum Gasteiger partial charge on any atom is -0.497 e. The maximum absolute atomic E-state index is 5.19. The second-order valence-corrected chi connectivity index (χ2v) is 4.14. The van der Waals surface area contributed by atoms with Gasteiger partial charge in [0.2, 0.25) is 0 Å². The lowest BCUT2D eigenvalue weighted by molar-refractivity contribution is 0.415. The molecular formula is C13H21NO. The van der Waals surface area contributed by atoms with Gasteiger partial charge in [-0.05, 0) is 24.5 Å². The van der Waals surface area contributed by atoms with E-state index in [1.54, 1.807) is 7.11 Å². The molecule has 0 unspecified atom stereocenters. The van der Waals surface area contributed by atoms with E-state index in [1.807, 2.05) is 18.2 Å². The lowest BCUT2D eigenvalue weighted by atomic mass is 10.0. The Morgan fingerprint density at radius 3 is 2.60 bits per heavy atom. The molecule has 0 aliphatic carbocycles. The fourth-order valence-corrected chi connectivity index (χ4v) is 1.67. The molecule has 0 amide bonds. The van der Waals surface area contributed by atoms with Crippen LogP contribution in [0.2, 0.25) is 0 Å². The van der Waals surface area contributed by atoms with E-state index in [2.05, 4.69) is 32.2 Å². The fraction of sp³-hybridized carbons (Fsp3) is 0.538. The van der Waals surface area contributed by atoms with Crippen LogP contribution >= 0.6 is 0 Å². The first kappa shape index (κ1) is 11.9. The Kier molecular flexibility index (Phi) is 4.47. The van der Waals surface area contributed by atoms with Crippen molar-refractivity contribution in [2.75, 3.05) is 12.4 Å². The summed E-state index contributed by atoms with van der Waals surface area (Å²) in [5.41, 5.74) is 1.13. The summed E-state index contributed by atoms with van der Waals surface area (Å²) in [5, 5.41) is 3.52. The van der Waals surface area contributed by atoms with E-state index in [0.717, 1.165) is 17.9 Å². The number of hydrogen-bond acceptors (Lipinski definition) is 2. The van der Waals surface area contributed by atoms with Gasteiger partial charge in [-0.3, -0.25) is 0 Å². The molecule has 1 rings (SSSR count). The van der Waals surface area contributed by atoms with E-state index >= 15 is 0 Å². The summed E-state index contributed by atoms with van der Waals surface area (Å²) in [6.45, 7) is 6.68. The van der Waals surface area contributed by atoms with Crippen LogP contribution in [0.15, 0.2) is 24.3 Å². The third-order valence-electron chi connectivity index (χ3n) is 2.67. The summed E-state index contributed by atoms with van der Waals surface area (Å²) >= 11 is 0. The Balaban J connectivity index is 2.70. The zero-order valence-corrected chi connectivity index (χ0v) is 10.1. The standard InChI is InChI=1S/C13H21NO/c1-5-13(10(2)3)14-11-7-6-8-12(9-11)15-4/h6-10,13-14H,5H2,1-4H3/t13-/m0/s1. The molecule has 0 aliphatic heterocycles. The predicted molar refractivity (Wildman–Crippen MR) is 65.5 cm³/mol. The van der Waals surface area contributed by atoms with Crippen LogP contribution < -0.4 is 10.1 Å². The molecule has 1 aromatic rings. The van der Waals surface area contributed by atoms with Crippen LogP contribution in [0.25, 0.3) is 0 Å². The van der Waals surface area contributed by atoms with Crippen molar-refractivity contribution in [1.29, 1.82) is 0 Å². The van der Waals surface area contributed by atoms with Gasteiger partial charge < -0.3 is 10.1 Å². The van der Waals surface area contributed by atoms with E-state index in [0.29, 0.717) is 12.0 Å². The quantitative estimate of drug-likeness (QED) is 0.797. The summed E-state index contributed by atoms with van der Waals surface area (Å²) in [6.07, 6.45) is 1.13. The van der Waals surface area contributed by atoms with Crippen LogP contribution in [0.4, 0.5) is 5.69 Å². The van der Waals surface area contributed by atoms with Gasteiger partial charge in [0, 0.05) is 17.8 Å². The maximum Gasteiger partial charge on any atom is 0.120 e. The van der Waals surface area contributed by atoms with E-state index in [1.165, 1.54) is 0 Å². The Bertz CT molecular complexity index is 296. The molecule has 2 heteroatoms. The molecule has 2 nitrogen and oxygen atoms in total. The van der Waals surface area contributed by atoms with Crippen molar-refractivity contribution in [2.45, 2.75) is 33.2 Å². The second kappa shape index (κ2) is 5.64. The summed E-state index contributed by atoms with van der Waals surface area (Å²) < 4.78 is 5.19. The molecular weight excluding hydrogens is 186 g/mol. The average molecular weight is 207 g/mol. The van der Waals surface area contributed by atoms with Gasteiger partial charge in [0.05, 0.1) is 7.11 Å². The van der Waals surface area contributed by atoms with Crippen LogP contribution in [0.5, 0.6) is 5.75 Å². The molecule has 0 bridgehead atoms. The number of anilines is 1. The zero-order chi connectivity index (χ0) is 11.3. The van der Waals surface area contributed by atoms with Crippen molar-refractivity contribution < 1.29 is 4.74 Å². The van der Waals surface area contributed by atoms with Crippen LogP contribution in [-0.4, -0.2) is 13.2 Å². The number of ether oxygens (including phenoxy) is 1. The van der Waals surface area contributed by atoms with E-state index < -0.39 is 0 Å². The van der Waals surface area contributed by atoms with Crippen LogP contribution in [0.3, 0.4) is 0 Å². The van der Waals surface area contributed by atoms with Gasteiger partial charge in [-0.25, -0.2) is 0 Å². The van der Waals surface area contributed by atoms with Gasteiger partial charge in [-0.1, -0.05) is 26.8 Å². The monoisotopic (exact) mass is 207 g/mol. The topological polar surface area (TPSA) is 21.3 Å². The minimum absolute atomic E-state index is 0.525. The van der Waals surface area contributed by atoms with Crippen molar-refractivity contribution in [3.63, 3.8) is 0 Å². The van der Waals surface area contributed by atoms with Crippen molar-refractivity contribution in [3.8, 4) is 5.75 Å². The van der Waals surface area contributed by atoms with Crippen molar-refractivity contribution >= 4 is 5.69 Å². The van der Waals surface area contributed by atoms with Gasteiger partial charge in [-0.2, -0.15) is 0 Å². The average Bonchev–Trinajstić information content (AvgIpc) is 2.25. The first-order valence-corrected chi connectivity index (χ1v) is 5.58. The second-order valence-electron chi connectivity index (χ2n) is 4.14. The maximum atomic E-state index is 5.19. The summed E-state index contributed by atoms with van der Waals surface area (Å²) in [5.74, 6) is 1.54. The van der Waals surface area contributed by atoms with Crippen LogP contribution in [0.1, 0.15) is 27.2 Å². The summed E-state index contributed by atoms with van der Waals surface area (Å²) in [4.78, 5) is 0.